The van der Waals surface area contributed by atoms with Crippen molar-refractivity contribution in [1.29, 1.82) is 0 Å². The number of benzene rings is 2. The first-order valence-electron chi connectivity index (χ1n) is 11.1. The molecule has 0 atom stereocenters. The molecule has 0 saturated heterocycles. The summed E-state index contributed by atoms with van der Waals surface area (Å²) in [6.45, 7) is 6.04. The number of para-hydroxylation sites is 1. The molecule has 0 bridgehead atoms. The van der Waals surface area contributed by atoms with Crippen LogP contribution in [0.1, 0.15) is 56.3 Å². The molecule has 31 heavy (non-hydrogen) atoms. The standard InChI is InChI=1S/C26H32N2O3/c1-3-5-16-28(17-6-4-2)24-19-20(26(29)30)18-23(27-21-12-10-11-13-21)25(24)31-22-14-8-7-9-15-22/h7-12,14-15,18-19,27H,3-6,13,16-17H2,1-2H3,(H,29,30). The maximum atomic E-state index is 11.9. The minimum absolute atomic E-state index is 0.252. The molecule has 0 fully saturated rings. The summed E-state index contributed by atoms with van der Waals surface area (Å²) in [5, 5.41) is 13.2. The zero-order chi connectivity index (χ0) is 22.1. The van der Waals surface area contributed by atoms with Crippen molar-refractivity contribution in [2.75, 3.05) is 23.3 Å². The highest BCUT2D eigenvalue weighted by Crippen LogP contribution is 2.42. The van der Waals surface area contributed by atoms with Gasteiger partial charge in [0.15, 0.2) is 5.75 Å². The third kappa shape index (κ3) is 6.14. The fourth-order valence-electron chi connectivity index (χ4n) is 3.54. The summed E-state index contributed by atoms with van der Waals surface area (Å²) < 4.78 is 6.38. The molecular formula is C26H32N2O3. The largest absolute Gasteiger partial charge is 0.478 e. The fraction of sp³-hybridized carbons (Fsp3) is 0.346. The van der Waals surface area contributed by atoms with E-state index >= 15 is 0 Å². The Hall–Kier alpha value is -3.21. The van der Waals surface area contributed by atoms with E-state index in [4.69, 9.17) is 4.74 Å². The van der Waals surface area contributed by atoms with Gasteiger partial charge >= 0.3 is 5.97 Å². The Morgan fingerprint density at radius 1 is 1.10 bits per heavy atom. The molecule has 0 unspecified atom stereocenters. The molecule has 0 amide bonds. The first-order chi connectivity index (χ1) is 15.1. The monoisotopic (exact) mass is 420 g/mol. The topological polar surface area (TPSA) is 61.8 Å². The number of unbranched alkanes of at least 4 members (excludes halogenated alkanes) is 2. The highest BCUT2D eigenvalue weighted by Gasteiger charge is 2.21. The van der Waals surface area contributed by atoms with E-state index in [1.807, 2.05) is 42.5 Å². The van der Waals surface area contributed by atoms with Gasteiger partial charge in [-0.3, -0.25) is 0 Å². The minimum atomic E-state index is -0.944. The van der Waals surface area contributed by atoms with Gasteiger partial charge in [-0.25, -0.2) is 4.79 Å². The molecule has 0 heterocycles. The summed E-state index contributed by atoms with van der Waals surface area (Å²) in [6, 6.07) is 13.1. The number of aromatic carboxylic acids is 1. The number of hydrogen-bond acceptors (Lipinski definition) is 4. The van der Waals surface area contributed by atoms with E-state index in [-0.39, 0.29) is 5.56 Å². The number of carbonyl (C=O) groups is 1. The number of rotatable bonds is 12. The molecule has 1 aliphatic rings. The van der Waals surface area contributed by atoms with Crippen molar-refractivity contribution in [3.63, 3.8) is 0 Å². The number of carboxylic acids is 1. The lowest BCUT2D eigenvalue weighted by molar-refractivity contribution is 0.0697. The molecule has 0 radical (unpaired) electrons. The van der Waals surface area contributed by atoms with Crippen LogP contribution in [0.3, 0.4) is 0 Å². The van der Waals surface area contributed by atoms with Gasteiger partial charge in [-0.1, -0.05) is 57.0 Å². The second kappa shape index (κ2) is 11.3. The maximum Gasteiger partial charge on any atom is 0.335 e. The highest BCUT2D eigenvalue weighted by atomic mass is 16.5. The van der Waals surface area contributed by atoms with Gasteiger partial charge in [0.25, 0.3) is 0 Å². The molecule has 3 rings (SSSR count). The van der Waals surface area contributed by atoms with Crippen molar-refractivity contribution in [3.8, 4) is 11.5 Å². The smallest absolute Gasteiger partial charge is 0.335 e. The average molecular weight is 421 g/mol. The van der Waals surface area contributed by atoms with E-state index in [0.29, 0.717) is 11.4 Å². The number of nitrogens with one attached hydrogen (secondary N) is 1. The van der Waals surface area contributed by atoms with Crippen LogP contribution in [-0.4, -0.2) is 24.2 Å². The van der Waals surface area contributed by atoms with Crippen molar-refractivity contribution in [3.05, 3.63) is 72.0 Å². The van der Waals surface area contributed by atoms with Gasteiger partial charge in [-0.05, 0) is 43.2 Å². The van der Waals surface area contributed by atoms with Gasteiger partial charge < -0.3 is 20.1 Å². The van der Waals surface area contributed by atoms with E-state index in [1.54, 1.807) is 12.1 Å². The molecule has 0 spiro atoms. The lowest BCUT2D eigenvalue weighted by Crippen LogP contribution is -2.26. The summed E-state index contributed by atoms with van der Waals surface area (Å²) in [6.07, 6.45) is 11.1. The zero-order valence-electron chi connectivity index (χ0n) is 18.4. The van der Waals surface area contributed by atoms with Crippen LogP contribution in [0.2, 0.25) is 0 Å². The molecule has 2 aromatic carbocycles. The predicted molar refractivity (Wildman–Crippen MR) is 127 cm³/mol. The van der Waals surface area contributed by atoms with Crippen LogP contribution in [0.15, 0.2) is 66.4 Å². The van der Waals surface area contributed by atoms with E-state index < -0.39 is 5.97 Å². The van der Waals surface area contributed by atoms with E-state index in [1.165, 1.54) is 0 Å². The first-order valence-corrected chi connectivity index (χ1v) is 11.1. The SMILES string of the molecule is CCCCN(CCCC)c1cc(C(=O)O)cc(NC2=CC=CC2)c1Oc1ccccc1. The quantitative estimate of drug-likeness (QED) is 0.394. The van der Waals surface area contributed by atoms with E-state index in [9.17, 15) is 9.90 Å². The van der Waals surface area contributed by atoms with Crippen LogP contribution in [0, 0.1) is 0 Å². The Bertz CT molecular complexity index is 927. The van der Waals surface area contributed by atoms with Crippen molar-refractivity contribution in [1.82, 2.24) is 0 Å². The van der Waals surface area contributed by atoms with Crippen LogP contribution < -0.4 is 15.0 Å². The fourth-order valence-corrected chi connectivity index (χ4v) is 3.54. The second-order valence-electron chi connectivity index (χ2n) is 7.74. The van der Waals surface area contributed by atoms with Crippen LogP contribution in [-0.2, 0) is 0 Å². The Kier molecular flexibility index (Phi) is 8.16. The van der Waals surface area contributed by atoms with Crippen molar-refractivity contribution in [2.45, 2.75) is 46.0 Å². The number of carboxylic acid groups (broad SMARTS) is 1. The lowest BCUT2D eigenvalue weighted by atomic mass is 10.1. The van der Waals surface area contributed by atoms with Crippen LogP contribution >= 0.6 is 0 Å². The minimum Gasteiger partial charge on any atom is -0.478 e. The Morgan fingerprint density at radius 3 is 2.39 bits per heavy atom. The molecule has 0 saturated carbocycles. The summed E-state index contributed by atoms with van der Waals surface area (Å²) in [4.78, 5) is 14.2. The van der Waals surface area contributed by atoms with Crippen molar-refractivity contribution < 1.29 is 14.6 Å². The molecule has 1 aliphatic carbocycles. The number of allylic oxidation sites excluding steroid dienone is 3. The van der Waals surface area contributed by atoms with Gasteiger partial charge in [-0.15, -0.1) is 0 Å². The van der Waals surface area contributed by atoms with Gasteiger partial charge in [0.2, 0.25) is 0 Å². The number of ether oxygens (including phenoxy) is 1. The Balaban J connectivity index is 2.10. The van der Waals surface area contributed by atoms with E-state index in [2.05, 4.69) is 30.1 Å². The van der Waals surface area contributed by atoms with Gasteiger partial charge in [0.1, 0.15) is 5.75 Å². The molecule has 5 heteroatoms. The average Bonchev–Trinajstić information content (AvgIpc) is 3.29. The number of nitrogens with zero attached hydrogens (tertiary/aromatic N) is 1. The third-order valence-electron chi connectivity index (χ3n) is 5.25. The maximum absolute atomic E-state index is 11.9. The van der Waals surface area contributed by atoms with Crippen molar-refractivity contribution >= 4 is 17.3 Å². The van der Waals surface area contributed by atoms with Crippen molar-refractivity contribution in [2.24, 2.45) is 0 Å². The summed E-state index contributed by atoms with van der Waals surface area (Å²) >= 11 is 0. The molecule has 0 aliphatic heterocycles. The van der Waals surface area contributed by atoms with Crippen LogP contribution in [0.4, 0.5) is 11.4 Å². The molecular weight excluding hydrogens is 388 g/mol. The Morgan fingerprint density at radius 2 is 1.81 bits per heavy atom. The zero-order valence-corrected chi connectivity index (χ0v) is 18.4. The van der Waals surface area contributed by atoms with Crippen LogP contribution in [0.25, 0.3) is 0 Å². The normalized spacial score (nSPS) is 12.5. The van der Waals surface area contributed by atoms with Gasteiger partial charge in [-0.2, -0.15) is 0 Å². The molecule has 2 aromatic rings. The lowest BCUT2D eigenvalue weighted by Gasteiger charge is -2.29. The Labute approximate surface area is 185 Å². The summed E-state index contributed by atoms with van der Waals surface area (Å²) in [5.74, 6) is 0.440. The third-order valence-corrected chi connectivity index (χ3v) is 5.25. The first kappa shape index (κ1) is 22.5. The number of anilines is 2. The molecule has 2 N–H and O–H groups in total. The van der Waals surface area contributed by atoms with Crippen LogP contribution in [0.5, 0.6) is 11.5 Å². The van der Waals surface area contributed by atoms with Gasteiger partial charge in [0, 0.05) is 25.2 Å². The molecule has 164 valence electrons. The molecule has 0 aromatic heterocycles. The number of hydrogen-bond donors (Lipinski definition) is 2. The summed E-state index contributed by atoms with van der Waals surface area (Å²) in [7, 11) is 0. The van der Waals surface area contributed by atoms with E-state index in [0.717, 1.165) is 62.3 Å². The van der Waals surface area contributed by atoms with Gasteiger partial charge in [0.05, 0.1) is 16.9 Å². The molecule has 5 nitrogen and oxygen atoms in total. The second-order valence-corrected chi connectivity index (χ2v) is 7.74. The summed E-state index contributed by atoms with van der Waals surface area (Å²) in [5.41, 5.74) is 2.76. The predicted octanol–water partition coefficient (Wildman–Crippen LogP) is 6.84. The highest BCUT2D eigenvalue weighted by molar-refractivity contribution is 5.93.